The fourth-order valence-electron chi connectivity index (χ4n) is 2.94. The van der Waals surface area contributed by atoms with E-state index in [0.717, 1.165) is 29.2 Å². The molecule has 2 rings (SSSR count). The van der Waals surface area contributed by atoms with Crippen LogP contribution in [0.15, 0.2) is 6.07 Å². The van der Waals surface area contributed by atoms with Gasteiger partial charge in [-0.2, -0.15) is 0 Å². The number of ether oxygens (including phenoxy) is 1. The molecule has 0 amide bonds. The number of ketones is 1. The molecule has 1 aliphatic carbocycles. The molecule has 2 nitrogen and oxygen atoms in total. The Morgan fingerprint density at radius 1 is 1.42 bits per heavy atom. The zero-order chi connectivity index (χ0) is 13.8. The van der Waals surface area contributed by atoms with Crippen LogP contribution in [-0.2, 0) is 4.74 Å². The quantitative estimate of drug-likeness (QED) is 0.741. The van der Waals surface area contributed by atoms with E-state index in [4.69, 9.17) is 4.74 Å². The summed E-state index contributed by atoms with van der Waals surface area (Å²) in [7, 11) is 0. The van der Waals surface area contributed by atoms with Crippen molar-refractivity contribution in [1.82, 2.24) is 0 Å². The first-order valence-electron chi connectivity index (χ1n) is 7.32. The lowest BCUT2D eigenvalue weighted by Crippen LogP contribution is -2.25. The molecule has 0 saturated heterocycles. The fourth-order valence-corrected chi connectivity index (χ4v) is 3.89. The molecule has 1 aliphatic rings. The van der Waals surface area contributed by atoms with Gasteiger partial charge in [0, 0.05) is 15.3 Å². The highest BCUT2D eigenvalue weighted by Gasteiger charge is 2.22. The van der Waals surface area contributed by atoms with Crippen molar-refractivity contribution in [2.45, 2.75) is 59.0 Å². The lowest BCUT2D eigenvalue weighted by molar-refractivity contribution is 0.0156. The monoisotopic (exact) mass is 280 g/mol. The van der Waals surface area contributed by atoms with E-state index in [2.05, 4.69) is 6.92 Å². The number of rotatable bonds is 5. The summed E-state index contributed by atoms with van der Waals surface area (Å²) in [5.41, 5.74) is 0.852. The molecular weight excluding hydrogens is 256 g/mol. The number of carbonyl (C=O) groups excluding carboxylic acids is 1. The van der Waals surface area contributed by atoms with Gasteiger partial charge in [0.2, 0.25) is 0 Å². The van der Waals surface area contributed by atoms with Gasteiger partial charge in [-0.1, -0.05) is 26.2 Å². The third kappa shape index (κ3) is 3.90. The van der Waals surface area contributed by atoms with Gasteiger partial charge in [0.25, 0.3) is 0 Å². The van der Waals surface area contributed by atoms with Crippen LogP contribution in [0.2, 0.25) is 0 Å². The maximum absolute atomic E-state index is 12.2. The lowest BCUT2D eigenvalue weighted by atomic mass is 9.85. The Morgan fingerprint density at radius 3 is 2.84 bits per heavy atom. The summed E-state index contributed by atoms with van der Waals surface area (Å²) >= 11 is 1.69. The van der Waals surface area contributed by atoms with E-state index < -0.39 is 0 Å². The predicted octanol–water partition coefficient (Wildman–Crippen LogP) is 4.53. The van der Waals surface area contributed by atoms with Crippen LogP contribution < -0.4 is 0 Å². The number of carbonyl (C=O) groups is 1. The molecule has 1 aromatic heterocycles. The summed E-state index contributed by atoms with van der Waals surface area (Å²) in [6.45, 7) is 6.55. The SMILES string of the molecule is CCC1CCCC(OCC(=O)c2cc(C)sc2C)C1. The average molecular weight is 280 g/mol. The van der Waals surface area contributed by atoms with Crippen LogP contribution >= 0.6 is 11.3 Å². The Hall–Kier alpha value is -0.670. The van der Waals surface area contributed by atoms with Gasteiger partial charge in [0.05, 0.1) is 6.10 Å². The van der Waals surface area contributed by atoms with Gasteiger partial charge >= 0.3 is 0 Å². The first kappa shape index (κ1) is 14.7. The number of thiophene rings is 1. The van der Waals surface area contributed by atoms with Gasteiger partial charge in [-0.15, -0.1) is 11.3 Å². The van der Waals surface area contributed by atoms with Crippen LogP contribution in [0.5, 0.6) is 0 Å². The second kappa shape index (κ2) is 6.67. The molecule has 19 heavy (non-hydrogen) atoms. The second-order valence-electron chi connectivity index (χ2n) is 5.62. The Bertz CT molecular complexity index is 436. The normalized spacial score (nSPS) is 23.5. The van der Waals surface area contributed by atoms with E-state index in [1.807, 2.05) is 19.9 Å². The molecule has 0 spiro atoms. The molecule has 0 aliphatic heterocycles. The minimum absolute atomic E-state index is 0.139. The molecule has 0 aromatic carbocycles. The van der Waals surface area contributed by atoms with E-state index in [9.17, 15) is 4.79 Å². The third-order valence-corrected chi connectivity index (χ3v) is 5.07. The first-order chi connectivity index (χ1) is 9.10. The predicted molar refractivity (Wildman–Crippen MR) is 80.1 cm³/mol. The third-order valence-electron chi connectivity index (χ3n) is 4.10. The van der Waals surface area contributed by atoms with Crippen LogP contribution in [-0.4, -0.2) is 18.5 Å². The fraction of sp³-hybridized carbons (Fsp3) is 0.688. The van der Waals surface area contributed by atoms with Crippen LogP contribution in [0.3, 0.4) is 0 Å². The molecule has 0 bridgehead atoms. The maximum atomic E-state index is 12.2. The Kier molecular flexibility index (Phi) is 5.17. The minimum Gasteiger partial charge on any atom is -0.370 e. The van der Waals surface area contributed by atoms with E-state index in [1.54, 1.807) is 11.3 Å². The van der Waals surface area contributed by atoms with Crippen molar-refractivity contribution in [2.75, 3.05) is 6.61 Å². The Balaban J connectivity index is 1.85. The van der Waals surface area contributed by atoms with Gasteiger partial charge in [-0.3, -0.25) is 4.79 Å². The van der Waals surface area contributed by atoms with E-state index >= 15 is 0 Å². The van der Waals surface area contributed by atoms with E-state index in [1.165, 1.54) is 24.1 Å². The van der Waals surface area contributed by atoms with Gasteiger partial charge < -0.3 is 4.74 Å². The van der Waals surface area contributed by atoms with E-state index in [-0.39, 0.29) is 12.4 Å². The molecule has 0 N–H and O–H groups in total. The highest BCUT2D eigenvalue weighted by atomic mass is 32.1. The molecule has 2 atom stereocenters. The van der Waals surface area contributed by atoms with Crippen molar-refractivity contribution in [3.8, 4) is 0 Å². The van der Waals surface area contributed by atoms with Crippen LogP contribution in [0.4, 0.5) is 0 Å². The van der Waals surface area contributed by atoms with Gasteiger partial charge in [0.1, 0.15) is 6.61 Å². The van der Waals surface area contributed by atoms with Gasteiger partial charge in [0.15, 0.2) is 5.78 Å². The van der Waals surface area contributed by atoms with Crippen LogP contribution in [0, 0.1) is 19.8 Å². The summed E-state index contributed by atoms with van der Waals surface area (Å²) in [5.74, 6) is 0.930. The van der Waals surface area contributed by atoms with Crippen molar-refractivity contribution in [2.24, 2.45) is 5.92 Å². The number of Topliss-reactive ketones (excluding diaryl/α,β-unsaturated/α-hetero) is 1. The molecule has 1 saturated carbocycles. The zero-order valence-corrected chi connectivity index (χ0v) is 13.0. The van der Waals surface area contributed by atoms with Crippen molar-refractivity contribution < 1.29 is 9.53 Å². The van der Waals surface area contributed by atoms with Crippen molar-refractivity contribution in [3.05, 3.63) is 21.4 Å². The molecule has 1 aromatic rings. The average Bonchev–Trinajstić information content (AvgIpc) is 2.75. The minimum atomic E-state index is 0.139. The molecule has 0 radical (unpaired) electrons. The molecule has 106 valence electrons. The first-order valence-corrected chi connectivity index (χ1v) is 8.13. The highest BCUT2D eigenvalue weighted by Crippen LogP contribution is 2.28. The van der Waals surface area contributed by atoms with Gasteiger partial charge in [-0.25, -0.2) is 0 Å². The zero-order valence-electron chi connectivity index (χ0n) is 12.2. The standard InChI is InChI=1S/C16H24O2S/c1-4-13-6-5-7-14(9-13)18-10-16(17)15-8-11(2)19-12(15)3/h8,13-14H,4-7,9-10H2,1-3H3. The van der Waals surface area contributed by atoms with Crippen molar-refractivity contribution in [3.63, 3.8) is 0 Å². The van der Waals surface area contributed by atoms with E-state index in [0.29, 0.717) is 6.10 Å². The molecular formula is C16H24O2S. The van der Waals surface area contributed by atoms with Crippen molar-refractivity contribution >= 4 is 17.1 Å². The Labute approximate surface area is 120 Å². The number of hydrogen-bond acceptors (Lipinski definition) is 3. The summed E-state index contributed by atoms with van der Waals surface area (Å²) in [6, 6.07) is 1.99. The molecule has 1 heterocycles. The van der Waals surface area contributed by atoms with Crippen molar-refractivity contribution in [1.29, 1.82) is 0 Å². The highest BCUT2D eigenvalue weighted by molar-refractivity contribution is 7.12. The van der Waals surface area contributed by atoms with Crippen LogP contribution in [0.1, 0.15) is 59.1 Å². The number of hydrogen-bond donors (Lipinski definition) is 0. The lowest BCUT2D eigenvalue weighted by Gasteiger charge is -2.28. The summed E-state index contributed by atoms with van der Waals surface area (Å²) in [6.07, 6.45) is 6.34. The maximum Gasteiger partial charge on any atom is 0.189 e. The largest absolute Gasteiger partial charge is 0.370 e. The Morgan fingerprint density at radius 2 is 2.21 bits per heavy atom. The summed E-state index contributed by atoms with van der Waals surface area (Å²) in [5, 5.41) is 0. The summed E-state index contributed by atoms with van der Waals surface area (Å²) < 4.78 is 5.85. The smallest absolute Gasteiger partial charge is 0.189 e. The molecule has 3 heteroatoms. The summed E-state index contributed by atoms with van der Waals surface area (Å²) in [4.78, 5) is 14.5. The second-order valence-corrected chi connectivity index (χ2v) is 7.08. The topological polar surface area (TPSA) is 26.3 Å². The molecule has 2 unspecified atom stereocenters. The molecule has 1 fully saturated rings. The van der Waals surface area contributed by atoms with Crippen LogP contribution in [0.25, 0.3) is 0 Å². The van der Waals surface area contributed by atoms with Gasteiger partial charge in [-0.05, 0) is 38.7 Å². The number of aryl methyl sites for hydroxylation is 2.